The number of hydrogen-bond donors (Lipinski definition) is 2. The SMILES string of the molecule is Cc1cc(NS(=O)(=O)c2cccs2)c2[nH]c(C3=NCCS3)cc2c1C. The summed E-state index contributed by atoms with van der Waals surface area (Å²) in [6.45, 7) is 4.87. The standard InChI is InChI=1S/C17H17N3O2S3/c1-10-8-13(20-25(21,22)15-4-3-6-23-15)16-12(11(10)2)9-14(19-16)17-18-5-7-24-17/h3-4,6,8-9,19-20H,5,7H2,1-2H3. The van der Waals surface area contributed by atoms with Gasteiger partial charge in [-0.2, -0.15) is 0 Å². The second-order valence-corrected chi connectivity index (χ2v) is 9.85. The summed E-state index contributed by atoms with van der Waals surface area (Å²) in [5.74, 6) is 0.987. The van der Waals surface area contributed by atoms with Gasteiger partial charge in [-0.25, -0.2) is 8.42 Å². The number of H-pyrrole nitrogens is 1. The summed E-state index contributed by atoms with van der Waals surface area (Å²) in [6, 6.07) is 7.29. The summed E-state index contributed by atoms with van der Waals surface area (Å²) in [7, 11) is -3.59. The Balaban J connectivity index is 1.85. The number of aromatic nitrogens is 1. The van der Waals surface area contributed by atoms with E-state index in [1.54, 1.807) is 29.3 Å². The number of sulfonamides is 1. The average molecular weight is 392 g/mol. The maximum Gasteiger partial charge on any atom is 0.271 e. The highest BCUT2D eigenvalue weighted by Gasteiger charge is 2.20. The fourth-order valence-corrected chi connectivity index (χ4v) is 5.76. The summed E-state index contributed by atoms with van der Waals surface area (Å²) in [4.78, 5) is 7.88. The lowest BCUT2D eigenvalue weighted by atomic mass is 10.0. The number of benzene rings is 1. The van der Waals surface area contributed by atoms with Crippen LogP contribution in [0.1, 0.15) is 16.8 Å². The number of aromatic amines is 1. The van der Waals surface area contributed by atoms with Crippen LogP contribution < -0.4 is 4.72 Å². The number of anilines is 1. The Morgan fingerprint density at radius 1 is 1.28 bits per heavy atom. The minimum atomic E-state index is -3.59. The van der Waals surface area contributed by atoms with Crippen molar-refractivity contribution in [2.75, 3.05) is 17.0 Å². The summed E-state index contributed by atoms with van der Waals surface area (Å²) >= 11 is 2.92. The number of aliphatic imine (C=N–C) groups is 1. The highest BCUT2D eigenvalue weighted by Crippen LogP contribution is 2.33. The van der Waals surface area contributed by atoms with E-state index < -0.39 is 10.0 Å². The van der Waals surface area contributed by atoms with Gasteiger partial charge in [0.2, 0.25) is 0 Å². The van der Waals surface area contributed by atoms with E-state index in [9.17, 15) is 8.42 Å². The number of nitrogens with one attached hydrogen (secondary N) is 2. The van der Waals surface area contributed by atoms with Gasteiger partial charge >= 0.3 is 0 Å². The smallest absolute Gasteiger partial charge is 0.271 e. The molecular weight excluding hydrogens is 374 g/mol. The number of rotatable bonds is 4. The van der Waals surface area contributed by atoms with Gasteiger partial charge < -0.3 is 4.98 Å². The van der Waals surface area contributed by atoms with Crippen LogP contribution in [0, 0.1) is 13.8 Å². The number of aryl methyl sites for hydroxylation is 2. The largest absolute Gasteiger partial charge is 0.351 e. The number of nitrogens with zero attached hydrogens (tertiary/aromatic N) is 1. The third-order valence-electron chi connectivity index (χ3n) is 4.26. The van der Waals surface area contributed by atoms with Gasteiger partial charge in [0.05, 0.1) is 16.9 Å². The fraction of sp³-hybridized carbons (Fsp3) is 0.235. The lowest BCUT2D eigenvalue weighted by Crippen LogP contribution is -2.12. The molecule has 0 saturated carbocycles. The monoisotopic (exact) mass is 391 g/mol. The molecule has 3 heterocycles. The zero-order valence-corrected chi connectivity index (χ0v) is 16.2. The molecule has 5 nitrogen and oxygen atoms in total. The van der Waals surface area contributed by atoms with E-state index >= 15 is 0 Å². The Labute approximate surface area is 154 Å². The quantitative estimate of drug-likeness (QED) is 0.702. The molecule has 0 radical (unpaired) electrons. The number of hydrogen-bond acceptors (Lipinski definition) is 5. The molecule has 130 valence electrons. The highest BCUT2D eigenvalue weighted by atomic mass is 32.2. The van der Waals surface area contributed by atoms with Crippen molar-refractivity contribution in [3.05, 3.63) is 46.5 Å². The van der Waals surface area contributed by atoms with E-state index in [1.165, 1.54) is 11.3 Å². The first-order valence-corrected chi connectivity index (χ1v) is 11.2. The van der Waals surface area contributed by atoms with Gasteiger partial charge in [0.1, 0.15) is 9.25 Å². The van der Waals surface area contributed by atoms with Crippen LogP contribution in [-0.4, -0.2) is 30.7 Å². The molecule has 2 N–H and O–H groups in total. The van der Waals surface area contributed by atoms with E-state index in [4.69, 9.17) is 0 Å². The summed E-state index contributed by atoms with van der Waals surface area (Å²) in [5.41, 5.74) is 4.50. The van der Waals surface area contributed by atoms with E-state index in [2.05, 4.69) is 27.7 Å². The summed E-state index contributed by atoms with van der Waals surface area (Å²) in [5, 5.41) is 3.77. The van der Waals surface area contributed by atoms with Crippen LogP contribution in [0.15, 0.2) is 38.8 Å². The first kappa shape index (κ1) is 16.7. The van der Waals surface area contributed by atoms with Crippen molar-refractivity contribution in [2.24, 2.45) is 4.99 Å². The van der Waals surface area contributed by atoms with Crippen LogP contribution in [0.4, 0.5) is 5.69 Å². The van der Waals surface area contributed by atoms with Crippen molar-refractivity contribution in [1.82, 2.24) is 4.98 Å². The van der Waals surface area contributed by atoms with Crippen LogP contribution in [0.2, 0.25) is 0 Å². The van der Waals surface area contributed by atoms with E-state index in [0.717, 1.165) is 45.1 Å². The van der Waals surface area contributed by atoms with Crippen LogP contribution in [0.25, 0.3) is 10.9 Å². The lowest BCUT2D eigenvalue weighted by Gasteiger charge is -2.11. The number of fused-ring (bicyclic) bond motifs is 1. The van der Waals surface area contributed by atoms with E-state index in [1.807, 2.05) is 13.0 Å². The summed E-state index contributed by atoms with van der Waals surface area (Å²) < 4.78 is 28.3. The minimum absolute atomic E-state index is 0.307. The van der Waals surface area contributed by atoms with Crippen molar-refractivity contribution < 1.29 is 8.42 Å². The second kappa shape index (κ2) is 6.19. The molecule has 25 heavy (non-hydrogen) atoms. The molecule has 0 amide bonds. The van der Waals surface area contributed by atoms with Crippen LogP contribution in [0.3, 0.4) is 0 Å². The number of thioether (sulfide) groups is 1. The predicted molar refractivity (Wildman–Crippen MR) is 107 cm³/mol. The van der Waals surface area contributed by atoms with Gasteiger partial charge in [0.15, 0.2) is 0 Å². The Morgan fingerprint density at radius 3 is 2.80 bits per heavy atom. The second-order valence-electron chi connectivity index (χ2n) is 5.91. The highest BCUT2D eigenvalue weighted by molar-refractivity contribution is 8.14. The van der Waals surface area contributed by atoms with Crippen LogP contribution in [-0.2, 0) is 10.0 Å². The zero-order chi connectivity index (χ0) is 17.6. The van der Waals surface area contributed by atoms with Gasteiger partial charge in [0, 0.05) is 17.7 Å². The molecule has 1 aliphatic rings. The van der Waals surface area contributed by atoms with Crippen molar-refractivity contribution >= 4 is 54.8 Å². The molecule has 1 aromatic carbocycles. The molecule has 0 saturated heterocycles. The third kappa shape index (κ3) is 2.98. The van der Waals surface area contributed by atoms with Gasteiger partial charge in [-0.05, 0) is 48.6 Å². The summed E-state index contributed by atoms with van der Waals surface area (Å²) in [6.07, 6.45) is 0. The van der Waals surface area contributed by atoms with Crippen molar-refractivity contribution in [1.29, 1.82) is 0 Å². The van der Waals surface area contributed by atoms with Crippen LogP contribution in [0.5, 0.6) is 0 Å². The number of thiophene rings is 1. The van der Waals surface area contributed by atoms with Crippen molar-refractivity contribution in [3.8, 4) is 0 Å². The molecule has 0 spiro atoms. The molecule has 0 unspecified atom stereocenters. The predicted octanol–water partition coefficient (Wildman–Crippen LogP) is 4.14. The molecular formula is C17H17N3O2S3. The Morgan fingerprint density at radius 2 is 2.12 bits per heavy atom. The maximum atomic E-state index is 12.6. The molecule has 3 aromatic rings. The molecule has 8 heteroatoms. The van der Waals surface area contributed by atoms with Gasteiger partial charge in [-0.15, -0.1) is 23.1 Å². The third-order valence-corrected chi connectivity index (χ3v) is 8.04. The van der Waals surface area contributed by atoms with Crippen molar-refractivity contribution in [3.63, 3.8) is 0 Å². The lowest BCUT2D eigenvalue weighted by molar-refractivity contribution is 0.603. The first-order chi connectivity index (χ1) is 12.0. The van der Waals surface area contributed by atoms with E-state index in [-0.39, 0.29) is 0 Å². The molecule has 0 atom stereocenters. The maximum absolute atomic E-state index is 12.6. The minimum Gasteiger partial charge on any atom is -0.351 e. The Kier molecular flexibility index (Phi) is 4.13. The molecule has 0 fully saturated rings. The molecule has 2 aromatic heterocycles. The average Bonchev–Trinajstić information content (AvgIpc) is 3.32. The topological polar surface area (TPSA) is 74.3 Å². The zero-order valence-electron chi connectivity index (χ0n) is 13.8. The van der Waals surface area contributed by atoms with Crippen molar-refractivity contribution in [2.45, 2.75) is 18.1 Å². The normalized spacial score (nSPS) is 14.9. The first-order valence-electron chi connectivity index (χ1n) is 7.82. The Hall–Kier alpha value is -1.77. The molecule has 4 rings (SSSR count). The fourth-order valence-electron chi connectivity index (χ4n) is 2.88. The molecule has 0 bridgehead atoms. The van der Waals surface area contributed by atoms with Crippen LogP contribution >= 0.6 is 23.1 Å². The Bertz CT molecular complexity index is 1080. The van der Waals surface area contributed by atoms with E-state index in [0.29, 0.717) is 9.90 Å². The van der Waals surface area contributed by atoms with Gasteiger partial charge in [0.25, 0.3) is 10.0 Å². The molecule has 1 aliphatic heterocycles. The van der Waals surface area contributed by atoms with Gasteiger partial charge in [-0.3, -0.25) is 9.71 Å². The van der Waals surface area contributed by atoms with Gasteiger partial charge in [-0.1, -0.05) is 6.07 Å². The molecule has 0 aliphatic carbocycles.